The summed E-state index contributed by atoms with van der Waals surface area (Å²) in [5.74, 6) is 0.00823. The van der Waals surface area contributed by atoms with Gasteiger partial charge in [-0.05, 0) is 62.4 Å². The molecule has 0 saturated heterocycles. The molecule has 2 nitrogen and oxygen atoms in total. The van der Waals surface area contributed by atoms with Gasteiger partial charge in [-0.1, -0.05) is 30.3 Å². The minimum Gasteiger partial charge on any atom is -0.289 e. The number of hydrogen-bond donors (Lipinski definition) is 0. The molecule has 0 aliphatic heterocycles. The summed E-state index contributed by atoms with van der Waals surface area (Å²) in [5, 5.41) is 0. The van der Waals surface area contributed by atoms with Crippen molar-refractivity contribution < 1.29 is 9.59 Å². The maximum atomic E-state index is 13.2. The quantitative estimate of drug-likeness (QED) is 0.792. The molecule has 1 aliphatic rings. The highest BCUT2D eigenvalue weighted by Gasteiger charge is 2.33. The first-order chi connectivity index (χ1) is 11.3. The Morgan fingerprint density at radius 1 is 0.667 bits per heavy atom. The topological polar surface area (TPSA) is 34.1 Å². The van der Waals surface area contributed by atoms with Crippen LogP contribution in [0.5, 0.6) is 0 Å². The second-order valence-electron chi connectivity index (χ2n) is 6.67. The van der Waals surface area contributed by atoms with Gasteiger partial charge in [0, 0.05) is 28.7 Å². The Bertz CT molecular complexity index is 900. The fourth-order valence-electron chi connectivity index (χ4n) is 3.54. The van der Waals surface area contributed by atoms with Gasteiger partial charge in [-0.15, -0.1) is 0 Å². The van der Waals surface area contributed by atoms with Crippen LogP contribution in [0.1, 0.15) is 55.5 Å². The van der Waals surface area contributed by atoms with Gasteiger partial charge in [0.2, 0.25) is 0 Å². The van der Waals surface area contributed by atoms with Gasteiger partial charge in [-0.3, -0.25) is 9.59 Å². The SMILES string of the molecule is CC1=C(Cc2ccccc2)C(=O)c2c(C)c(C)c(C)c(C)c2C1=O. The highest BCUT2D eigenvalue weighted by atomic mass is 16.1. The molecule has 2 heteroatoms. The molecule has 0 aromatic heterocycles. The van der Waals surface area contributed by atoms with Gasteiger partial charge in [0.1, 0.15) is 0 Å². The zero-order chi connectivity index (χ0) is 17.6. The second kappa shape index (κ2) is 5.86. The fourth-order valence-corrected chi connectivity index (χ4v) is 3.54. The molecule has 0 heterocycles. The maximum absolute atomic E-state index is 13.2. The lowest BCUT2D eigenvalue weighted by atomic mass is 9.76. The number of carbonyl (C=O) groups is 2. The molecular weight excluding hydrogens is 296 g/mol. The number of fused-ring (bicyclic) bond motifs is 1. The fraction of sp³-hybridized carbons (Fsp3) is 0.273. The van der Waals surface area contributed by atoms with E-state index >= 15 is 0 Å². The van der Waals surface area contributed by atoms with Crippen LogP contribution >= 0.6 is 0 Å². The Morgan fingerprint density at radius 3 is 1.71 bits per heavy atom. The van der Waals surface area contributed by atoms with Crippen molar-refractivity contribution in [1.29, 1.82) is 0 Å². The largest absolute Gasteiger partial charge is 0.289 e. The van der Waals surface area contributed by atoms with Crippen molar-refractivity contribution in [3.63, 3.8) is 0 Å². The van der Waals surface area contributed by atoms with Gasteiger partial charge in [0.05, 0.1) is 0 Å². The van der Waals surface area contributed by atoms with Gasteiger partial charge in [0.15, 0.2) is 11.6 Å². The van der Waals surface area contributed by atoms with Crippen molar-refractivity contribution in [2.24, 2.45) is 0 Å². The van der Waals surface area contributed by atoms with Crippen LogP contribution in [0.2, 0.25) is 0 Å². The third-order valence-corrected chi connectivity index (χ3v) is 5.43. The molecule has 24 heavy (non-hydrogen) atoms. The summed E-state index contributed by atoms with van der Waals surface area (Å²) in [7, 11) is 0. The first-order valence-corrected chi connectivity index (χ1v) is 8.28. The summed E-state index contributed by atoms with van der Waals surface area (Å²) in [5.41, 5.74) is 7.56. The summed E-state index contributed by atoms with van der Waals surface area (Å²) in [6.45, 7) is 9.73. The highest BCUT2D eigenvalue weighted by molar-refractivity contribution is 6.28. The van der Waals surface area contributed by atoms with Crippen molar-refractivity contribution in [2.75, 3.05) is 0 Å². The molecule has 0 amide bonds. The standard InChI is InChI=1S/C22H22O2/c1-12-13(2)15(4)20-19(14(12)3)21(23)16(5)18(22(20)24)11-17-9-7-6-8-10-17/h6-10H,11H2,1-5H3. The molecular formula is C22H22O2. The van der Waals surface area contributed by atoms with Gasteiger partial charge in [-0.25, -0.2) is 0 Å². The molecule has 122 valence electrons. The molecule has 0 unspecified atom stereocenters. The molecule has 0 bridgehead atoms. The predicted molar refractivity (Wildman–Crippen MR) is 96.9 cm³/mol. The zero-order valence-corrected chi connectivity index (χ0v) is 14.9. The molecule has 0 atom stereocenters. The summed E-state index contributed by atoms with van der Waals surface area (Å²) < 4.78 is 0. The van der Waals surface area contributed by atoms with Crippen LogP contribution in [-0.4, -0.2) is 11.6 Å². The van der Waals surface area contributed by atoms with Crippen LogP contribution in [0.3, 0.4) is 0 Å². The van der Waals surface area contributed by atoms with E-state index in [-0.39, 0.29) is 11.6 Å². The summed E-state index contributed by atoms with van der Waals surface area (Å²) >= 11 is 0. The van der Waals surface area contributed by atoms with Crippen molar-refractivity contribution in [3.8, 4) is 0 Å². The maximum Gasteiger partial charge on any atom is 0.190 e. The first kappa shape index (κ1) is 16.4. The average Bonchev–Trinajstić information content (AvgIpc) is 2.59. The number of carbonyl (C=O) groups excluding carboxylic acids is 2. The Labute approximate surface area is 143 Å². The van der Waals surface area contributed by atoms with Crippen LogP contribution in [0.15, 0.2) is 41.5 Å². The number of ketones is 2. The number of hydrogen-bond acceptors (Lipinski definition) is 2. The van der Waals surface area contributed by atoms with Crippen molar-refractivity contribution in [1.82, 2.24) is 0 Å². The molecule has 0 radical (unpaired) electrons. The lowest BCUT2D eigenvalue weighted by Crippen LogP contribution is -2.25. The van der Waals surface area contributed by atoms with E-state index in [4.69, 9.17) is 0 Å². The molecule has 0 N–H and O–H groups in total. The third kappa shape index (κ3) is 2.34. The van der Waals surface area contributed by atoms with Crippen molar-refractivity contribution in [2.45, 2.75) is 41.0 Å². The lowest BCUT2D eigenvalue weighted by molar-refractivity contribution is 0.0971. The summed E-state index contributed by atoms with van der Waals surface area (Å²) in [6.07, 6.45) is 0.502. The van der Waals surface area contributed by atoms with E-state index in [9.17, 15) is 9.59 Å². The molecule has 2 aromatic carbocycles. The first-order valence-electron chi connectivity index (χ1n) is 8.28. The molecule has 1 aliphatic carbocycles. The normalized spacial score (nSPS) is 14.2. The van der Waals surface area contributed by atoms with Crippen LogP contribution in [0.4, 0.5) is 0 Å². The van der Waals surface area contributed by atoms with Crippen LogP contribution in [0.25, 0.3) is 0 Å². The molecule has 3 rings (SSSR count). The molecule has 0 saturated carbocycles. The monoisotopic (exact) mass is 318 g/mol. The molecule has 0 fully saturated rings. The molecule has 2 aromatic rings. The van der Waals surface area contributed by atoms with Crippen LogP contribution in [-0.2, 0) is 6.42 Å². The van der Waals surface area contributed by atoms with E-state index in [1.165, 1.54) is 0 Å². The van der Waals surface area contributed by atoms with Crippen LogP contribution in [0, 0.1) is 27.7 Å². The summed E-state index contributed by atoms with van der Waals surface area (Å²) in [4.78, 5) is 26.2. The van der Waals surface area contributed by atoms with E-state index in [0.717, 1.165) is 27.8 Å². The van der Waals surface area contributed by atoms with E-state index in [0.29, 0.717) is 28.7 Å². The van der Waals surface area contributed by atoms with Gasteiger partial charge in [-0.2, -0.15) is 0 Å². The van der Waals surface area contributed by atoms with Crippen molar-refractivity contribution in [3.05, 3.63) is 80.4 Å². The summed E-state index contributed by atoms with van der Waals surface area (Å²) in [6, 6.07) is 9.85. The third-order valence-electron chi connectivity index (χ3n) is 5.43. The number of benzene rings is 2. The highest BCUT2D eigenvalue weighted by Crippen LogP contribution is 2.35. The minimum absolute atomic E-state index is 0.000712. The lowest BCUT2D eigenvalue weighted by Gasteiger charge is -2.25. The van der Waals surface area contributed by atoms with E-state index < -0.39 is 0 Å². The Morgan fingerprint density at radius 2 is 1.17 bits per heavy atom. The number of Topliss-reactive ketones (excluding diaryl/α,β-unsaturated/α-hetero) is 2. The van der Waals surface area contributed by atoms with E-state index in [1.54, 1.807) is 6.92 Å². The minimum atomic E-state index is -0.000712. The zero-order valence-electron chi connectivity index (χ0n) is 14.9. The van der Waals surface area contributed by atoms with Crippen LogP contribution < -0.4 is 0 Å². The Balaban J connectivity index is 2.20. The van der Waals surface area contributed by atoms with E-state index in [1.807, 2.05) is 58.0 Å². The molecule has 0 spiro atoms. The second-order valence-corrected chi connectivity index (χ2v) is 6.67. The Kier molecular flexibility index (Phi) is 4.00. The average molecular weight is 318 g/mol. The van der Waals surface area contributed by atoms with Gasteiger partial charge < -0.3 is 0 Å². The smallest absolute Gasteiger partial charge is 0.190 e. The number of rotatable bonds is 2. The predicted octanol–water partition coefficient (Wildman–Crippen LogP) is 4.86. The van der Waals surface area contributed by atoms with Gasteiger partial charge in [0.25, 0.3) is 0 Å². The van der Waals surface area contributed by atoms with E-state index in [2.05, 4.69) is 0 Å². The Hall–Kier alpha value is -2.48. The number of allylic oxidation sites excluding steroid dienone is 2. The van der Waals surface area contributed by atoms with Crippen molar-refractivity contribution >= 4 is 11.6 Å². The van der Waals surface area contributed by atoms with Gasteiger partial charge >= 0.3 is 0 Å².